The van der Waals surface area contributed by atoms with Crippen LogP contribution in [0.25, 0.3) is 0 Å². The minimum atomic E-state index is 1.01. The molecule has 0 aromatic carbocycles. The van der Waals surface area contributed by atoms with Crippen LogP contribution in [0.15, 0.2) is 12.4 Å². The molecule has 0 saturated carbocycles. The highest BCUT2D eigenvalue weighted by molar-refractivity contribution is 4.87. The first kappa shape index (κ1) is 22.3. The minimum Gasteiger partial charge on any atom is -0.372 e. The lowest BCUT2D eigenvalue weighted by atomic mass is 10.1. The predicted molar refractivity (Wildman–Crippen MR) is 106 cm³/mol. The number of hydrogen-bond donors (Lipinski definition) is 2. The second kappa shape index (κ2) is 19.4. The summed E-state index contributed by atoms with van der Waals surface area (Å²) >= 11 is 0. The molecule has 0 heterocycles. The van der Waals surface area contributed by atoms with Crippen LogP contribution in [0.1, 0.15) is 110 Å². The molecule has 0 saturated heterocycles. The maximum absolute atomic E-state index is 4.06. The molecule has 0 aromatic rings. The van der Waals surface area contributed by atoms with Gasteiger partial charge in [0.05, 0.1) is 5.82 Å². The summed E-state index contributed by atoms with van der Waals surface area (Å²) < 4.78 is 0. The third kappa shape index (κ3) is 19.3. The molecule has 0 rings (SSSR count). The van der Waals surface area contributed by atoms with E-state index in [4.69, 9.17) is 0 Å². The lowest BCUT2D eigenvalue weighted by Crippen LogP contribution is -2.27. The van der Waals surface area contributed by atoms with Crippen LogP contribution >= 0.6 is 0 Å². The Labute approximate surface area is 146 Å². The highest BCUT2D eigenvalue weighted by Gasteiger charge is 1.95. The summed E-state index contributed by atoms with van der Waals surface area (Å²) in [4.78, 5) is 0. The van der Waals surface area contributed by atoms with Gasteiger partial charge in [0.25, 0.3) is 0 Å². The van der Waals surface area contributed by atoms with Gasteiger partial charge in [-0.05, 0) is 12.8 Å². The minimum absolute atomic E-state index is 1.01. The molecule has 2 heteroatoms. The van der Waals surface area contributed by atoms with Crippen molar-refractivity contribution in [1.29, 1.82) is 0 Å². The summed E-state index contributed by atoms with van der Waals surface area (Å²) in [5.74, 6) is 1.01. The molecule has 0 radical (unpaired) electrons. The summed E-state index contributed by atoms with van der Waals surface area (Å²) in [6.07, 6.45) is 20.6. The van der Waals surface area contributed by atoms with Crippen LogP contribution in [0.3, 0.4) is 0 Å². The van der Waals surface area contributed by atoms with Gasteiger partial charge in [-0.25, -0.2) is 0 Å². The van der Waals surface area contributed by atoms with Crippen molar-refractivity contribution in [1.82, 2.24) is 10.6 Å². The second-order valence-corrected chi connectivity index (χ2v) is 6.93. The third-order valence-corrected chi connectivity index (χ3v) is 4.49. The summed E-state index contributed by atoms with van der Waals surface area (Å²) in [5, 5.41) is 6.81. The molecule has 0 spiro atoms. The molecule has 23 heavy (non-hydrogen) atoms. The Kier molecular flexibility index (Phi) is 18.8. The van der Waals surface area contributed by atoms with E-state index in [9.17, 15) is 0 Å². The van der Waals surface area contributed by atoms with E-state index in [1.54, 1.807) is 0 Å². The fourth-order valence-electron chi connectivity index (χ4n) is 2.88. The van der Waals surface area contributed by atoms with Crippen molar-refractivity contribution in [3.05, 3.63) is 12.4 Å². The quantitative estimate of drug-likeness (QED) is 0.264. The second-order valence-electron chi connectivity index (χ2n) is 6.93. The molecular weight excluding hydrogens is 280 g/mol. The zero-order chi connectivity index (χ0) is 17.0. The largest absolute Gasteiger partial charge is 0.372 e. The molecule has 2 nitrogen and oxygen atoms in total. The Balaban J connectivity index is 3.13. The van der Waals surface area contributed by atoms with E-state index in [0.717, 1.165) is 18.9 Å². The zero-order valence-electron chi connectivity index (χ0n) is 16.2. The fourth-order valence-corrected chi connectivity index (χ4v) is 2.88. The molecule has 0 aromatic heterocycles. The maximum atomic E-state index is 4.06. The molecular formula is C21H44N2. The maximum Gasteiger partial charge on any atom is 0.0912 e. The van der Waals surface area contributed by atoms with Crippen molar-refractivity contribution in [2.75, 3.05) is 13.1 Å². The molecule has 0 aliphatic heterocycles. The monoisotopic (exact) mass is 324 g/mol. The normalized spacial score (nSPS) is 10.7. The van der Waals surface area contributed by atoms with Crippen molar-refractivity contribution >= 4 is 0 Å². The van der Waals surface area contributed by atoms with Gasteiger partial charge < -0.3 is 10.6 Å². The molecule has 0 amide bonds. The first-order chi connectivity index (χ1) is 11.3. The van der Waals surface area contributed by atoms with E-state index in [0.29, 0.717) is 0 Å². The van der Waals surface area contributed by atoms with Gasteiger partial charge in [0.1, 0.15) is 0 Å². The van der Waals surface area contributed by atoms with Crippen LogP contribution < -0.4 is 10.6 Å². The molecule has 0 aliphatic rings. The smallest absolute Gasteiger partial charge is 0.0912 e. The van der Waals surface area contributed by atoms with E-state index in [1.165, 1.54) is 96.3 Å². The van der Waals surface area contributed by atoms with Gasteiger partial charge >= 0.3 is 0 Å². The van der Waals surface area contributed by atoms with Crippen molar-refractivity contribution < 1.29 is 0 Å². The highest BCUT2D eigenvalue weighted by atomic mass is 15.1. The summed E-state index contributed by atoms with van der Waals surface area (Å²) in [7, 11) is 0. The van der Waals surface area contributed by atoms with Crippen LogP contribution in [0, 0.1) is 0 Å². The first-order valence-electron chi connectivity index (χ1n) is 10.5. The van der Waals surface area contributed by atoms with Crippen LogP contribution in [-0.2, 0) is 0 Å². The van der Waals surface area contributed by atoms with Gasteiger partial charge in [0, 0.05) is 13.1 Å². The number of nitrogens with one attached hydrogen (secondary N) is 2. The molecule has 138 valence electrons. The molecule has 0 unspecified atom stereocenters. The van der Waals surface area contributed by atoms with E-state index < -0.39 is 0 Å². The summed E-state index contributed by atoms with van der Waals surface area (Å²) in [6, 6.07) is 0. The third-order valence-electron chi connectivity index (χ3n) is 4.49. The lowest BCUT2D eigenvalue weighted by molar-refractivity contribution is 0.551. The highest BCUT2D eigenvalue weighted by Crippen LogP contribution is 2.08. The summed E-state index contributed by atoms with van der Waals surface area (Å²) in [6.45, 7) is 10.7. The van der Waals surface area contributed by atoms with Crippen molar-refractivity contribution in [3.8, 4) is 0 Å². The van der Waals surface area contributed by atoms with Crippen LogP contribution in [0.5, 0.6) is 0 Å². The topological polar surface area (TPSA) is 24.1 Å². The molecule has 0 aliphatic carbocycles. The Morgan fingerprint density at radius 3 is 1.17 bits per heavy atom. The van der Waals surface area contributed by atoms with Crippen LogP contribution in [-0.4, -0.2) is 13.1 Å². The fraction of sp³-hybridized carbons (Fsp3) is 0.905. The van der Waals surface area contributed by atoms with Crippen molar-refractivity contribution in [2.24, 2.45) is 0 Å². The van der Waals surface area contributed by atoms with Gasteiger partial charge in [-0.15, -0.1) is 0 Å². The van der Waals surface area contributed by atoms with Crippen molar-refractivity contribution in [2.45, 2.75) is 110 Å². The summed E-state index contributed by atoms with van der Waals surface area (Å²) in [5.41, 5.74) is 0. The van der Waals surface area contributed by atoms with E-state index in [1.807, 2.05) is 0 Å². The Morgan fingerprint density at radius 2 is 0.826 bits per heavy atom. The van der Waals surface area contributed by atoms with Gasteiger partial charge in [0.2, 0.25) is 0 Å². The Hall–Kier alpha value is -0.660. The Morgan fingerprint density at radius 1 is 0.522 bits per heavy atom. The van der Waals surface area contributed by atoms with Gasteiger partial charge in [0.15, 0.2) is 0 Å². The molecule has 0 atom stereocenters. The predicted octanol–water partition coefficient (Wildman–Crippen LogP) is 6.53. The SMILES string of the molecule is C=C(NCCCCCCCCC)NCCCCCCCCCC. The zero-order valence-corrected chi connectivity index (χ0v) is 16.2. The molecule has 0 bridgehead atoms. The molecule has 2 N–H and O–H groups in total. The van der Waals surface area contributed by atoms with Crippen LogP contribution in [0.2, 0.25) is 0 Å². The number of rotatable bonds is 19. The van der Waals surface area contributed by atoms with E-state index >= 15 is 0 Å². The first-order valence-corrected chi connectivity index (χ1v) is 10.5. The average Bonchev–Trinajstić information content (AvgIpc) is 2.56. The van der Waals surface area contributed by atoms with Gasteiger partial charge in [-0.2, -0.15) is 0 Å². The van der Waals surface area contributed by atoms with E-state index in [2.05, 4.69) is 31.1 Å². The number of unbranched alkanes of at least 4 members (excludes halogenated alkanes) is 13. The van der Waals surface area contributed by atoms with E-state index in [-0.39, 0.29) is 0 Å². The van der Waals surface area contributed by atoms with Gasteiger partial charge in [-0.3, -0.25) is 0 Å². The molecule has 0 fully saturated rings. The van der Waals surface area contributed by atoms with Crippen LogP contribution in [0.4, 0.5) is 0 Å². The number of hydrogen-bond acceptors (Lipinski definition) is 2. The average molecular weight is 325 g/mol. The standard InChI is InChI=1S/C21H44N2/c1-4-6-8-10-12-14-16-18-20-23-21(3)22-19-17-15-13-11-9-7-5-2/h22-23H,3-20H2,1-2H3. The Bertz CT molecular complexity index is 238. The van der Waals surface area contributed by atoms with Gasteiger partial charge in [-0.1, -0.05) is 104 Å². The lowest BCUT2D eigenvalue weighted by Gasteiger charge is -2.12. The van der Waals surface area contributed by atoms with Crippen molar-refractivity contribution in [3.63, 3.8) is 0 Å².